The quantitative estimate of drug-likeness (QED) is 0.849. The second-order valence-electron chi connectivity index (χ2n) is 5.44. The molecule has 1 heterocycles. The van der Waals surface area contributed by atoms with E-state index in [-0.39, 0.29) is 11.9 Å². The van der Waals surface area contributed by atoms with Crippen LogP contribution in [0.2, 0.25) is 0 Å². The Kier molecular flexibility index (Phi) is 5.47. The molecule has 0 spiro atoms. The number of halogens is 1. The molecule has 0 radical (unpaired) electrons. The van der Waals surface area contributed by atoms with E-state index in [0.29, 0.717) is 0 Å². The van der Waals surface area contributed by atoms with Gasteiger partial charge in [0, 0.05) is 31.4 Å². The van der Waals surface area contributed by atoms with E-state index in [9.17, 15) is 4.39 Å². The van der Waals surface area contributed by atoms with Crippen LogP contribution in [0.25, 0.3) is 0 Å². The summed E-state index contributed by atoms with van der Waals surface area (Å²) in [5.41, 5.74) is 2.19. The topological polar surface area (TPSA) is 33.1 Å². The fraction of sp³-hybridized carbons (Fsp3) is 0.438. The van der Waals surface area contributed by atoms with Crippen LogP contribution in [-0.2, 0) is 13.6 Å². The first kappa shape index (κ1) is 15.7. The Hall–Kier alpha value is -1.72. The minimum atomic E-state index is -0.184. The van der Waals surface area contributed by atoms with Gasteiger partial charge in [-0.3, -0.25) is 4.68 Å². The van der Waals surface area contributed by atoms with Gasteiger partial charge in [0.15, 0.2) is 0 Å². The first-order valence-corrected chi connectivity index (χ1v) is 7.17. The molecule has 0 bridgehead atoms. The van der Waals surface area contributed by atoms with Gasteiger partial charge in [0.1, 0.15) is 5.82 Å². The molecule has 1 atom stereocenters. The Bertz CT molecular complexity index is 567. The summed E-state index contributed by atoms with van der Waals surface area (Å²) in [4.78, 5) is 2.25. The highest BCUT2D eigenvalue weighted by molar-refractivity contribution is 5.20. The van der Waals surface area contributed by atoms with Gasteiger partial charge < -0.3 is 10.2 Å². The maximum absolute atomic E-state index is 13.3. The van der Waals surface area contributed by atoms with Gasteiger partial charge in [0.05, 0.1) is 6.20 Å². The largest absolute Gasteiger partial charge is 0.313 e. The van der Waals surface area contributed by atoms with Crippen molar-refractivity contribution in [2.45, 2.75) is 19.0 Å². The number of hydrogen-bond donors (Lipinski definition) is 1. The maximum atomic E-state index is 13.3. The molecule has 1 aromatic heterocycles. The molecule has 1 unspecified atom stereocenters. The molecule has 0 fully saturated rings. The zero-order valence-corrected chi connectivity index (χ0v) is 12.9. The van der Waals surface area contributed by atoms with Crippen LogP contribution in [0.3, 0.4) is 0 Å². The van der Waals surface area contributed by atoms with Crippen molar-refractivity contribution in [3.63, 3.8) is 0 Å². The molecular formula is C16H23FN4. The second-order valence-corrected chi connectivity index (χ2v) is 5.44. The summed E-state index contributed by atoms with van der Waals surface area (Å²) < 4.78 is 15.1. The fourth-order valence-corrected chi connectivity index (χ4v) is 2.49. The van der Waals surface area contributed by atoms with Gasteiger partial charge in [-0.15, -0.1) is 0 Å². The molecule has 0 amide bonds. The zero-order valence-electron chi connectivity index (χ0n) is 12.9. The Morgan fingerprint density at radius 2 is 2.24 bits per heavy atom. The highest BCUT2D eigenvalue weighted by Gasteiger charge is 2.11. The molecule has 21 heavy (non-hydrogen) atoms. The highest BCUT2D eigenvalue weighted by Crippen LogP contribution is 2.18. The molecule has 4 nitrogen and oxygen atoms in total. The zero-order chi connectivity index (χ0) is 15.2. The van der Waals surface area contributed by atoms with E-state index in [0.717, 1.165) is 25.1 Å². The van der Waals surface area contributed by atoms with Gasteiger partial charge in [-0.25, -0.2) is 4.39 Å². The van der Waals surface area contributed by atoms with Gasteiger partial charge in [-0.05, 0) is 44.8 Å². The van der Waals surface area contributed by atoms with Gasteiger partial charge in [-0.2, -0.15) is 5.10 Å². The fourth-order valence-electron chi connectivity index (χ4n) is 2.49. The molecule has 0 saturated carbocycles. The van der Waals surface area contributed by atoms with E-state index in [1.54, 1.807) is 12.1 Å². The SMILES string of the molecule is CNC(CCN(C)Cc1cnn(C)c1)c1cccc(F)c1. The van der Waals surface area contributed by atoms with Crippen LogP contribution in [0, 0.1) is 5.82 Å². The molecular weight excluding hydrogens is 267 g/mol. The second kappa shape index (κ2) is 7.33. The molecule has 114 valence electrons. The van der Waals surface area contributed by atoms with Crippen LogP contribution in [0.4, 0.5) is 4.39 Å². The van der Waals surface area contributed by atoms with Crippen molar-refractivity contribution < 1.29 is 4.39 Å². The van der Waals surface area contributed by atoms with Gasteiger partial charge in [0.25, 0.3) is 0 Å². The van der Waals surface area contributed by atoms with Crippen LogP contribution in [0.1, 0.15) is 23.6 Å². The minimum Gasteiger partial charge on any atom is -0.313 e. The van der Waals surface area contributed by atoms with Gasteiger partial charge in [0.2, 0.25) is 0 Å². The molecule has 2 rings (SSSR count). The Morgan fingerprint density at radius 3 is 2.86 bits per heavy atom. The summed E-state index contributed by atoms with van der Waals surface area (Å²) in [6.07, 6.45) is 4.84. The van der Waals surface area contributed by atoms with E-state index in [4.69, 9.17) is 0 Å². The first-order valence-electron chi connectivity index (χ1n) is 7.17. The van der Waals surface area contributed by atoms with E-state index in [1.807, 2.05) is 37.2 Å². The Balaban J connectivity index is 1.87. The smallest absolute Gasteiger partial charge is 0.123 e. The van der Waals surface area contributed by atoms with Crippen LogP contribution in [0.5, 0.6) is 0 Å². The van der Waals surface area contributed by atoms with E-state index in [2.05, 4.69) is 22.4 Å². The summed E-state index contributed by atoms with van der Waals surface area (Å²) in [5.74, 6) is -0.184. The van der Waals surface area contributed by atoms with Crippen LogP contribution < -0.4 is 5.32 Å². The summed E-state index contributed by atoms with van der Waals surface area (Å²) in [6.45, 7) is 1.80. The molecule has 1 N–H and O–H groups in total. The van der Waals surface area contributed by atoms with E-state index in [1.165, 1.54) is 11.6 Å². The van der Waals surface area contributed by atoms with Crippen molar-refractivity contribution >= 4 is 0 Å². The number of aromatic nitrogens is 2. The predicted octanol–water partition coefficient (Wildman–Crippen LogP) is 2.34. The lowest BCUT2D eigenvalue weighted by molar-refractivity contribution is 0.303. The standard InChI is InChI=1S/C16H23FN4/c1-18-16(14-5-4-6-15(17)9-14)7-8-20(2)11-13-10-19-21(3)12-13/h4-6,9-10,12,16,18H,7-8,11H2,1-3H3. The minimum absolute atomic E-state index is 0.164. The number of aryl methyl sites for hydroxylation is 1. The summed E-state index contributed by atoms with van der Waals surface area (Å²) in [6, 6.07) is 6.96. The molecule has 5 heteroatoms. The monoisotopic (exact) mass is 290 g/mol. The highest BCUT2D eigenvalue weighted by atomic mass is 19.1. The molecule has 0 aliphatic rings. The molecule has 2 aromatic rings. The normalized spacial score (nSPS) is 12.8. The van der Waals surface area contributed by atoms with E-state index >= 15 is 0 Å². The number of benzene rings is 1. The number of rotatable bonds is 7. The summed E-state index contributed by atoms with van der Waals surface area (Å²) in [7, 11) is 5.92. The van der Waals surface area contributed by atoms with E-state index < -0.39 is 0 Å². The third-order valence-corrected chi connectivity index (χ3v) is 3.61. The lowest BCUT2D eigenvalue weighted by Gasteiger charge is -2.21. The average molecular weight is 290 g/mol. The Labute approximate surface area is 125 Å². The molecule has 0 aliphatic carbocycles. The molecule has 0 saturated heterocycles. The third kappa shape index (κ3) is 4.65. The van der Waals surface area contributed by atoms with Crippen molar-refractivity contribution in [1.82, 2.24) is 20.0 Å². The third-order valence-electron chi connectivity index (χ3n) is 3.61. The van der Waals surface area contributed by atoms with Crippen molar-refractivity contribution in [1.29, 1.82) is 0 Å². The number of nitrogens with one attached hydrogen (secondary N) is 1. The van der Waals surface area contributed by atoms with Crippen molar-refractivity contribution in [2.75, 3.05) is 20.6 Å². The predicted molar refractivity (Wildman–Crippen MR) is 82.4 cm³/mol. The maximum Gasteiger partial charge on any atom is 0.123 e. The van der Waals surface area contributed by atoms with Crippen LogP contribution in [-0.4, -0.2) is 35.3 Å². The van der Waals surface area contributed by atoms with Crippen molar-refractivity contribution in [2.24, 2.45) is 7.05 Å². The number of nitrogens with zero attached hydrogens (tertiary/aromatic N) is 3. The van der Waals surface area contributed by atoms with Gasteiger partial charge >= 0.3 is 0 Å². The lowest BCUT2D eigenvalue weighted by atomic mass is 10.0. The average Bonchev–Trinajstić information content (AvgIpc) is 2.85. The van der Waals surface area contributed by atoms with Crippen LogP contribution in [0.15, 0.2) is 36.7 Å². The van der Waals surface area contributed by atoms with Gasteiger partial charge in [-0.1, -0.05) is 12.1 Å². The summed E-state index contributed by atoms with van der Waals surface area (Å²) in [5, 5.41) is 7.43. The molecule has 1 aromatic carbocycles. The Morgan fingerprint density at radius 1 is 1.43 bits per heavy atom. The molecule has 0 aliphatic heterocycles. The summed E-state index contributed by atoms with van der Waals surface area (Å²) >= 11 is 0. The van der Waals surface area contributed by atoms with Crippen molar-refractivity contribution in [3.05, 3.63) is 53.6 Å². The van der Waals surface area contributed by atoms with Crippen LogP contribution >= 0.6 is 0 Å². The number of hydrogen-bond acceptors (Lipinski definition) is 3. The van der Waals surface area contributed by atoms with Crippen molar-refractivity contribution in [3.8, 4) is 0 Å². The lowest BCUT2D eigenvalue weighted by Crippen LogP contribution is -2.25. The first-order chi connectivity index (χ1) is 10.1.